The van der Waals surface area contributed by atoms with E-state index in [0.29, 0.717) is 0 Å². The predicted molar refractivity (Wildman–Crippen MR) is 44.9 cm³/mol. The first-order valence-corrected chi connectivity index (χ1v) is 4.64. The van der Waals surface area contributed by atoms with E-state index < -0.39 is 0 Å². The Balaban J connectivity index is 2.19. The fraction of sp³-hybridized carbons (Fsp3) is 0.900. The molecule has 11 heavy (non-hydrogen) atoms. The maximum absolute atomic E-state index is 9.75. The van der Waals surface area contributed by atoms with Crippen molar-refractivity contribution in [3.05, 3.63) is 6.42 Å². The van der Waals surface area contributed by atoms with Crippen molar-refractivity contribution in [2.45, 2.75) is 39.2 Å². The zero-order valence-electron chi connectivity index (χ0n) is 7.38. The Morgan fingerprint density at radius 3 is 2.64 bits per heavy atom. The van der Waals surface area contributed by atoms with Crippen LogP contribution in [0.5, 0.6) is 0 Å². The van der Waals surface area contributed by atoms with Gasteiger partial charge in [-0.05, 0) is 42.9 Å². The maximum atomic E-state index is 9.75. The highest BCUT2D eigenvalue weighted by molar-refractivity contribution is 5.06. The molecule has 1 heteroatoms. The van der Waals surface area contributed by atoms with Gasteiger partial charge in [-0.15, -0.1) is 0 Å². The second-order valence-corrected chi connectivity index (χ2v) is 4.64. The van der Waals surface area contributed by atoms with E-state index in [1.54, 1.807) is 0 Å². The van der Waals surface area contributed by atoms with Gasteiger partial charge >= 0.3 is 0 Å². The van der Waals surface area contributed by atoms with Gasteiger partial charge in [-0.1, -0.05) is 13.8 Å². The lowest BCUT2D eigenvalue weighted by molar-refractivity contribution is -0.0544. The highest BCUT2D eigenvalue weighted by atomic mass is 16.3. The average molecular weight is 153 g/mol. The monoisotopic (exact) mass is 153 g/mol. The van der Waals surface area contributed by atoms with Gasteiger partial charge in [-0.2, -0.15) is 0 Å². The van der Waals surface area contributed by atoms with Gasteiger partial charge in [0, 0.05) is 0 Å². The summed E-state index contributed by atoms with van der Waals surface area (Å²) in [4.78, 5) is 0. The highest BCUT2D eigenvalue weighted by Crippen LogP contribution is 2.51. The highest BCUT2D eigenvalue weighted by Gasteiger charge is 2.46. The van der Waals surface area contributed by atoms with Crippen LogP contribution in [-0.4, -0.2) is 11.2 Å². The average Bonchev–Trinajstić information content (AvgIpc) is 1.92. The summed E-state index contributed by atoms with van der Waals surface area (Å²) < 4.78 is 0. The lowest BCUT2D eigenvalue weighted by atomic mass is 9.56. The third-order valence-corrected chi connectivity index (χ3v) is 3.74. The molecule has 0 aliphatic heterocycles. The first kappa shape index (κ1) is 7.60. The SMILES string of the molecule is CC1CC2(C)[CH]CC1CC2O. The van der Waals surface area contributed by atoms with Crippen molar-refractivity contribution in [1.82, 2.24) is 0 Å². The summed E-state index contributed by atoms with van der Waals surface area (Å²) in [5.41, 5.74) is 0.147. The second kappa shape index (κ2) is 2.22. The molecule has 2 bridgehead atoms. The minimum Gasteiger partial charge on any atom is -0.393 e. The minimum absolute atomic E-state index is 0.0579. The molecule has 0 saturated heterocycles. The second-order valence-electron chi connectivity index (χ2n) is 4.64. The van der Waals surface area contributed by atoms with E-state index >= 15 is 0 Å². The molecule has 0 amide bonds. The van der Waals surface area contributed by atoms with Crippen molar-refractivity contribution in [1.29, 1.82) is 0 Å². The first-order valence-electron chi connectivity index (χ1n) is 4.64. The van der Waals surface area contributed by atoms with E-state index in [1.165, 1.54) is 12.8 Å². The van der Waals surface area contributed by atoms with Gasteiger partial charge in [0.2, 0.25) is 0 Å². The maximum Gasteiger partial charge on any atom is 0.0599 e. The van der Waals surface area contributed by atoms with Gasteiger partial charge in [0.15, 0.2) is 0 Å². The third-order valence-electron chi connectivity index (χ3n) is 3.74. The molecule has 3 aliphatic carbocycles. The molecule has 0 aromatic heterocycles. The standard InChI is InChI=1S/C10H17O/c1-7-6-10(2)4-3-8(7)5-9(10)11/h4,7-9,11H,3,5-6H2,1-2H3. The molecule has 1 radical (unpaired) electrons. The van der Waals surface area contributed by atoms with E-state index in [1.807, 2.05) is 0 Å². The number of fused-ring (bicyclic) bond motifs is 3. The van der Waals surface area contributed by atoms with Crippen LogP contribution in [0.2, 0.25) is 0 Å². The van der Waals surface area contributed by atoms with Crippen LogP contribution < -0.4 is 0 Å². The van der Waals surface area contributed by atoms with E-state index in [2.05, 4.69) is 20.3 Å². The predicted octanol–water partition coefficient (Wildman–Crippen LogP) is 2.01. The van der Waals surface area contributed by atoms with Gasteiger partial charge in [0.25, 0.3) is 0 Å². The Morgan fingerprint density at radius 2 is 2.27 bits per heavy atom. The van der Waals surface area contributed by atoms with Crippen LogP contribution in [-0.2, 0) is 0 Å². The molecule has 3 aliphatic rings. The number of aliphatic hydroxyl groups excluding tert-OH is 1. The van der Waals surface area contributed by atoms with E-state index in [9.17, 15) is 5.11 Å². The van der Waals surface area contributed by atoms with Crippen molar-refractivity contribution in [2.24, 2.45) is 17.3 Å². The summed E-state index contributed by atoms with van der Waals surface area (Å²) in [7, 11) is 0. The Hall–Kier alpha value is -0.0400. The smallest absolute Gasteiger partial charge is 0.0599 e. The Kier molecular flexibility index (Phi) is 1.54. The molecule has 4 atom stereocenters. The molecule has 63 valence electrons. The topological polar surface area (TPSA) is 20.2 Å². The number of hydrogen-bond acceptors (Lipinski definition) is 1. The molecule has 1 nitrogen and oxygen atoms in total. The van der Waals surface area contributed by atoms with Crippen molar-refractivity contribution in [3.8, 4) is 0 Å². The van der Waals surface area contributed by atoms with Crippen molar-refractivity contribution in [2.75, 3.05) is 0 Å². The molecular formula is C10H17O. The van der Waals surface area contributed by atoms with Crippen LogP contribution >= 0.6 is 0 Å². The van der Waals surface area contributed by atoms with Crippen LogP contribution in [0.15, 0.2) is 0 Å². The van der Waals surface area contributed by atoms with Crippen LogP contribution in [0.4, 0.5) is 0 Å². The first-order chi connectivity index (χ1) is 5.12. The zero-order chi connectivity index (χ0) is 8.06. The molecule has 3 rings (SSSR count). The van der Waals surface area contributed by atoms with Crippen molar-refractivity contribution < 1.29 is 5.11 Å². The van der Waals surface area contributed by atoms with Gasteiger partial charge < -0.3 is 5.11 Å². The molecule has 3 fully saturated rings. The molecule has 0 spiro atoms. The van der Waals surface area contributed by atoms with E-state index in [4.69, 9.17) is 0 Å². The number of hydrogen-bond donors (Lipinski definition) is 1. The number of rotatable bonds is 0. The zero-order valence-corrected chi connectivity index (χ0v) is 7.38. The number of aliphatic hydroxyl groups is 1. The molecule has 4 unspecified atom stereocenters. The molecule has 0 heterocycles. The summed E-state index contributed by atoms with van der Waals surface area (Å²) >= 11 is 0. The quantitative estimate of drug-likeness (QED) is 0.564. The summed E-state index contributed by atoms with van der Waals surface area (Å²) in [6, 6.07) is 0. The third kappa shape index (κ3) is 1.01. The van der Waals surface area contributed by atoms with Crippen molar-refractivity contribution >= 4 is 0 Å². The van der Waals surface area contributed by atoms with Crippen molar-refractivity contribution in [3.63, 3.8) is 0 Å². The van der Waals surface area contributed by atoms with E-state index in [0.717, 1.165) is 18.3 Å². The summed E-state index contributed by atoms with van der Waals surface area (Å²) in [5.74, 6) is 1.60. The lowest BCUT2D eigenvalue weighted by Gasteiger charge is -2.51. The fourth-order valence-corrected chi connectivity index (χ4v) is 2.75. The summed E-state index contributed by atoms with van der Waals surface area (Å²) in [6.07, 6.45) is 5.74. The molecule has 1 N–H and O–H groups in total. The van der Waals surface area contributed by atoms with Crippen LogP contribution in [0.1, 0.15) is 33.1 Å². The normalized spacial score (nSPS) is 56.5. The molecule has 0 aromatic carbocycles. The van der Waals surface area contributed by atoms with Crippen LogP contribution in [0.3, 0.4) is 0 Å². The Morgan fingerprint density at radius 1 is 1.55 bits per heavy atom. The minimum atomic E-state index is -0.0579. The van der Waals surface area contributed by atoms with Crippen LogP contribution in [0, 0.1) is 23.7 Å². The van der Waals surface area contributed by atoms with Gasteiger partial charge in [0.05, 0.1) is 6.10 Å². The summed E-state index contributed by atoms with van der Waals surface area (Å²) in [6.45, 7) is 4.52. The van der Waals surface area contributed by atoms with E-state index in [-0.39, 0.29) is 11.5 Å². The largest absolute Gasteiger partial charge is 0.393 e. The fourth-order valence-electron chi connectivity index (χ4n) is 2.75. The van der Waals surface area contributed by atoms with Gasteiger partial charge in [-0.3, -0.25) is 0 Å². The summed E-state index contributed by atoms with van der Waals surface area (Å²) in [5, 5.41) is 9.75. The van der Waals surface area contributed by atoms with Gasteiger partial charge in [-0.25, -0.2) is 0 Å². The Bertz CT molecular complexity index is 166. The molecular weight excluding hydrogens is 136 g/mol. The molecule has 0 aromatic rings. The van der Waals surface area contributed by atoms with Gasteiger partial charge in [0.1, 0.15) is 0 Å². The van der Waals surface area contributed by atoms with Crippen LogP contribution in [0.25, 0.3) is 0 Å². The molecule has 3 saturated carbocycles. The lowest BCUT2D eigenvalue weighted by Crippen LogP contribution is -2.47. The Labute approximate surface area is 68.8 Å².